The Hall–Kier alpha value is -1.95. The van der Waals surface area contributed by atoms with Crippen LogP contribution in [0.5, 0.6) is 17.2 Å². The van der Waals surface area contributed by atoms with E-state index in [-0.39, 0.29) is 24.5 Å². The molecular formula is C12H16N2O4. The van der Waals surface area contributed by atoms with Crippen LogP contribution in [0.1, 0.15) is 12.5 Å². The van der Waals surface area contributed by atoms with Gasteiger partial charge in [-0.1, -0.05) is 0 Å². The molecule has 0 bridgehead atoms. The molecule has 0 radical (unpaired) electrons. The van der Waals surface area contributed by atoms with E-state index in [0.717, 1.165) is 0 Å². The third-order valence-corrected chi connectivity index (χ3v) is 2.81. The van der Waals surface area contributed by atoms with Crippen molar-refractivity contribution in [2.75, 3.05) is 13.8 Å². The fourth-order valence-corrected chi connectivity index (χ4v) is 1.69. The summed E-state index contributed by atoms with van der Waals surface area (Å²) in [5.41, 5.74) is 0.662. The monoisotopic (exact) mass is 252 g/mol. The van der Waals surface area contributed by atoms with E-state index in [0.29, 0.717) is 23.6 Å². The van der Waals surface area contributed by atoms with E-state index in [2.05, 4.69) is 10.6 Å². The maximum atomic E-state index is 11.3. The molecular weight excluding hydrogens is 236 g/mol. The van der Waals surface area contributed by atoms with Crippen molar-refractivity contribution in [1.82, 2.24) is 10.6 Å². The van der Waals surface area contributed by atoms with Gasteiger partial charge < -0.3 is 25.2 Å². The first-order valence-corrected chi connectivity index (χ1v) is 5.68. The summed E-state index contributed by atoms with van der Waals surface area (Å²) < 4.78 is 10.4. The summed E-state index contributed by atoms with van der Waals surface area (Å²) in [7, 11) is 1.58. The zero-order chi connectivity index (χ0) is 13.1. The second kappa shape index (κ2) is 5.14. The summed E-state index contributed by atoms with van der Waals surface area (Å²) >= 11 is 0. The van der Waals surface area contributed by atoms with E-state index in [1.807, 2.05) is 0 Å². The molecule has 0 aliphatic carbocycles. The van der Waals surface area contributed by atoms with Crippen LogP contribution in [-0.4, -0.2) is 30.9 Å². The molecule has 1 aromatic carbocycles. The Bertz CT molecular complexity index is 462. The highest BCUT2D eigenvalue weighted by Gasteiger charge is 2.18. The normalized spacial score (nSPS) is 14.3. The average Bonchev–Trinajstić information content (AvgIpc) is 2.81. The SMILES string of the molecule is CNC(=O)C(C)NCc1cc2c(cc1O)OCO2. The summed E-state index contributed by atoms with van der Waals surface area (Å²) in [5, 5.41) is 15.4. The number of carbonyl (C=O) groups excluding carboxylic acids is 1. The van der Waals surface area contributed by atoms with Crippen molar-refractivity contribution in [2.24, 2.45) is 0 Å². The van der Waals surface area contributed by atoms with Crippen LogP contribution in [-0.2, 0) is 11.3 Å². The first-order valence-electron chi connectivity index (χ1n) is 5.68. The number of ether oxygens (including phenoxy) is 2. The standard InChI is InChI=1S/C12H16N2O4/c1-7(12(16)13-2)14-5-8-3-10-11(4-9(8)15)18-6-17-10/h3-4,7,14-15H,5-6H2,1-2H3,(H,13,16). The van der Waals surface area contributed by atoms with Gasteiger partial charge in [-0.25, -0.2) is 0 Å². The Balaban J connectivity index is 2.04. The van der Waals surface area contributed by atoms with Gasteiger partial charge in [0.1, 0.15) is 5.75 Å². The van der Waals surface area contributed by atoms with Crippen LogP contribution in [0.3, 0.4) is 0 Å². The number of phenols is 1. The molecule has 18 heavy (non-hydrogen) atoms. The Kier molecular flexibility index (Phi) is 3.57. The molecule has 1 amide bonds. The van der Waals surface area contributed by atoms with Gasteiger partial charge >= 0.3 is 0 Å². The minimum atomic E-state index is -0.333. The van der Waals surface area contributed by atoms with E-state index >= 15 is 0 Å². The molecule has 98 valence electrons. The molecule has 0 saturated carbocycles. The predicted molar refractivity (Wildman–Crippen MR) is 64.6 cm³/mol. The van der Waals surface area contributed by atoms with Crippen LogP contribution in [0, 0.1) is 0 Å². The average molecular weight is 252 g/mol. The van der Waals surface area contributed by atoms with Gasteiger partial charge in [0.15, 0.2) is 11.5 Å². The predicted octanol–water partition coefficient (Wildman–Crippen LogP) is 0.345. The number of hydrogen-bond donors (Lipinski definition) is 3. The third-order valence-electron chi connectivity index (χ3n) is 2.81. The summed E-state index contributed by atoms with van der Waals surface area (Å²) in [4.78, 5) is 11.3. The van der Waals surface area contributed by atoms with Gasteiger partial charge in [-0.3, -0.25) is 4.79 Å². The largest absolute Gasteiger partial charge is 0.507 e. The highest BCUT2D eigenvalue weighted by atomic mass is 16.7. The molecule has 1 unspecified atom stereocenters. The van der Waals surface area contributed by atoms with Crippen LogP contribution in [0.15, 0.2) is 12.1 Å². The molecule has 1 aliphatic rings. The van der Waals surface area contributed by atoms with E-state index < -0.39 is 0 Å². The van der Waals surface area contributed by atoms with Crippen molar-refractivity contribution >= 4 is 5.91 Å². The fraction of sp³-hybridized carbons (Fsp3) is 0.417. The number of hydrogen-bond acceptors (Lipinski definition) is 5. The molecule has 0 spiro atoms. The molecule has 6 nitrogen and oxygen atoms in total. The second-order valence-corrected chi connectivity index (χ2v) is 4.05. The van der Waals surface area contributed by atoms with Gasteiger partial charge in [-0.05, 0) is 13.0 Å². The first kappa shape index (κ1) is 12.5. The zero-order valence-electron chi connectivity index (χ0n) is 10.3. The third kappa shape index (κ3) is 2.48. The lowest BCUT2D eigenvalue weighted by molar-refractivity contribution is -0.122. The van der Waals surface area contributed by atoms with Crippen LogP contribution in [0.25, 0.3) is 0 Å². The minimum Gasteiger partial charge on any atom is -0.507 e. The molecule has 0 aromatic heterocycles. The fourth-order valence-electron chi connectivity index (χ4n) is 1.69. The van der Waals surface area contributed by atoms with E-state index in [4.69, 9.17) is 9.47 Å². The van der Waals surface area contributed by atoms with Crippen LogP contribution >= 0.6 is 0 Å². The molecule has 1 atom stereocenters. The zero-order valence-corrected chi connectivity index (χ0v) is 10.3. The van der Waals surface area contributed by atoms with Gasteiger partial charge in [0.05, 0.1) is 6.04 Å². The smallest absolute Gasteiger partial charge is 0.236 e. The molecule has 6 heteroatoms. The highest BCUT2D eigenvalue weighted by molar-refractivity contribution is 5.80. The van der Waals surface area contributed by atoms with E-state index in [1.54, 1.807) is 20.0 Å². The maximum absolute atomic E-state index is 11.3. The molecule has 0 saturated heterocycles. The molecule has 1 heterocycles. The second-order valence-electron chi connectivity index (χ2n) is 4.05. The van der Waals surface area contributed by atoms with Crippen molar-refractivity contribution in [3.63, 3.8) is 0 Å². The Labute approximate surface area is 105 Å². The minimum absolute atomic E-state index is 0.102. The quantitative estimate of drug-likeness (QED) is 0.720. The Morgan fingerprint density at radius 2 is 2.11 bits per heavy atom. The number of carbonyl (C=O) groups is 1. The lowest BCUT2D eigenvalue weighted by Gasteiger charge is -2.13. The molecule has 1 aromatic rings. The summed E-state index contributed by atoms with van der Waals surface area (Å²) in [6.45, 7) is 2.29. The van der Waals surface area contributed by atoms with Crippen LogP contribution < -0.4 is 20.1 Å². The number of benzene rings is 1. The van der Waals surface area contributed by atoms with E-state index in [1.165, 1.54) is 6.07 Å². The van der Waals surface area contributed by atoms with Crippen LogP contribution in [0.4, 0.5) is 0 Å². The van der Waals surface area contributed by atoms with Gasteiger partial charge in [0.25, 0.3) is 0 Å². The molecule has 2 rings (SSSR count). The number of likely N-dealkylation sites (N-methyl/N-ethyl adjacent to an activating group) is 1. The van der Waals surface area contributed by atoms with Gasteiger partial charge in [0.2, 0.25) is 12.7 Å². The van der Waals surface area contributed by atoms with Gasteiger partial charge in [-0.2, -0.15) is 0 Å². The summed E-state index contributed by atoms with van der Waals surface area (Å²) in [6.07, 6.45) is 0. The number of fused-ring (bicyclic) bond motifs is 1. The number of aromatic hydroxyl groups is 1. The van der Waals surface area contributed by atoms with Crippen molar-refractivity contribution in [1.29, 1.82) is 0 Å². The summed E-state index contributed by atoms with van der Waals surface area (Å²) in [5.74, 6) is 1.17. The first-order chi connectivity index (χ1) is 8.61. The lowest BCUT2D eigenvalue weighted by Crippen LogP contribution is -2.40. The van der Waals surface area contributed by atoms with Crippen molar-refractivity contribution in [3.05, 3.63) is 17.7 Å². The molecule has 1 aliphatic heterocycles. The van der Waals surface area contributed by atoms with Crippen LogP contribution in [0.2, 0.25) is 0 Å². The Morgan fingerprint density at radius 1 is 1.44 bits per heavy atom. The Morgan fingerprint density at radius 3 is 2.78 bits per heavy atom. The number of rotatable bonds is 4. The maximum Gasteiger partial charge on any atom is 0.236 e. The number of nitrogens with one attached hydrogen (secondary N) is 2. The van der Waals surface area contributed by atoms with Gasteiger partial charge in [-0.15, -0.1) is 0 Å². The number of amides is 1. The molecule has 3 N–H and O–H groups in total. The van der Waals surface area contributed by atoms with Crippen molar-refractivity contribution in [2.45, 2.75) is 19.5 Å². The topological polar surface area (TPSA) is 79.8 Å². The highest BCUT2D eigenvalue weighted by Crippen LogP contribution is 2.37. The summed E-state index contributed by atoms with van der Waals surface area (Å²) in [6, 6.07) is 2.89. The van der Waals surface area contributed by atoms with E-state index in [9.17, 15) is 9.90 Å². The van der Waals surface area contributed by atoms with Gasteiger partial charge in [0, 0.05) is 25.2 Å². The molecule has 0 fully saturated rings. The lowest BCUT2D eigenvalue weighted by atomic mass is 10.1. The van der Waals surface area contributed by atoms with Crippen molar-refractivity contribution in [3.8, 4) is 17.2 Å². The van der Waals surface area contributed by atoms with Crippen molar-refractivity contribution < 1.29 is 19.4 Å². The number of phenolic OH excluding ortho intramolecular Hbond substituents is 1.